The van der Waals surface area contributed by atoms with E-state index in [9.17, 15) is 4.79 Å². The molecule has 1 fully saturated rings. The van der Waals surface area contributed by atoms with Crippen LogP contribution in [0.2, 0.25) is 5.02 Å². The highest BCUT2D eigenvalue weighted by Crippen LogP contribution is 2.27. The van der Waals surface area contributed by atoms with Gasteiger partial charge in [-0.1, -0.05) is 41.9 Å². The Labute approximate surface area is 153 Å². The Hall–Kier alpha value is -2.04. The average molecular weight is 359 g/mol. The minimum Gasteiger partial charge on any atom is -0.476 e. The van der Waals surface area contributed by atoms with Gasteiger partial charge in [0.25, 0.3) is 5.91 Å². The van der Waals surface area contributed by atoms with Crippen LogP contribution < -0.4 is 10.5 Å². The molecule has 132 valence electrons. The molecule has 2 N–H and O–H groups in total. The second-order valence-electron chi connectivity index (χ2n) is 6.37. The fourth-order valence-corrected chi connectivity index (χ4v) is 3.22. The molecule has 1 unspecified atom stereocenters. The standard InChI is InChI=1S/C20H23ClN2O2/c21-17-6-8-18(9-7-17)25-19(16-4-2-1-3-5-16)20(24)23-12-10-15(14-22)11-13-23/h1-9,15,19H,10-14,22H2. The quantitative estimate of drug-likeness (QED) is 0.887. The number of hydrogen-bond donors (Lipinski definition) is 1. The number of carbonyl (C=O) groups is 1. The summed E-state index contributed by atoms with van der Waals surface area (Å²) in [6.07, 6.45) is 1.24. The Balaban J connectivity index is 1.79. The molecule has 25 heavy (non-hydrogen) atoms. The van der Waals surface area contributed by atoms with Crippen molar-refractivity contribution in [3.63, 3.8) is 0 Å². The number of nitrogens with zero attached hydrogens (tertiary/aromatic N) is 1. The van der Waals surface area contributed by atoms with Gasteiger partial charge in [0.15, 0.2) is 0 Å². The summed E-state index contributed by atoms with van der Waals surface area (Å²) in [6, 6.07) is 16.7. The molecule has 0 bridgehead atoms. The first-order valence-corrected chi connectivity index (χ1v) is 9.01. The number of piperidine rings is 1. The number of likely N-dealkylation sites (tertiary alicyclic amines) is 1. The second kappa shape index (κ2) is 8.37. The third-order valence-electron chi connectivity index (χ3n) is 4.65. The van der Waals surface area contributed by atoms with Crippen LogP contribution in [0.15, 0.2) is 54.6 Å². The molecule has 0 spiro atoms. The number of amides is 1. The highest BCUT2D eigenvalue weighted by Gasteiger charge is 2.30. The van der Waals surface area contributed by atoms with E-state index in [-0.39, 0.29) is 5.91 Å². The molecule has 3 rings (SSSR count). The molecule has 1 atom stereocenters. The van der Waals surface area contributed by atoms with Crippen molar-refractivity contribution in [1.82, 2.24) is 4.90 Å². The van der Waals surface area contributed by atoms with Crippen molar-refractivity contribution in [3.8, 4) is 5.75 Å². The first kappa shape index (κ1) is 17.8. The molecule has 0 aromatic heterocycles. The Kier molecular flexibility index (Phi) is 5.95. The van der Waals surface area contributed by atoms with Crippen molar-refractivity contribution < 1.29 is 9.53 Å². The summed E-state index contributed by atoms with van der Waals surface area (Å²) in [4.78, 5) is 15.0. The van der Waals surface area contributed by atoms with Crippen molar-refractivity contribution in [2.75, 3.05) is 19.6 Å². The van der Waals surface area contributed by atoms with E-state index >= 15 is 0 Å². The smallest absolute Gasteiger partial charge is 0.268 e. The van der Waals surface area contributed by atoms with Crippen LogP contribution in [0.25, 0.3) is 0 Å². The normalized spacial score (nSPS) is 16.5. The molecule has 0 radical (unpaired) electrons. The summed E-state index contributed by atoms with van der Waals surface area (Å²) in [5, 5.41) is 0.638. The summed E-state index contributed by atoms with van der Waals surface area (Å²) in [7, 11) is 0. The zero-order valence-corrected chi connectivity index (χ0v) is 14.9. The van der Waals surface area contributed by atoms with Crippen LogP contribution in [-0.2, 0) is 4.79 Å². The lowest BCUT2D eigenvalue weighted by Gasteiger charge is -2.34. The van der Waals surface area contributed by atoms with Gasteiger partial charge in [0.1, 0.15) is 5.75 Å². The predicted molar refractivity (Wildman–Crippen MR) is 99.6 cm³/mol. The number of rotatable bonds is 5. The molecule has 4 nitrogen and oxygen atoms in total. The van der Waals surface area contributed by atoms with Crippen molar-refractivity contribution in [1.29, 1.82) is 0 Å². The minimum atomic E-state index is -0.656. The van der Waals surface area contributed by atoms with Gasteiger partial charge < -0.3 is 15.4 Å². The SMILES string of the molecule is NCC1CCN(C(=O)C(Oc2ccc(Cl)cc2)c2ccccc2)CC1. The van der Waals surface area contributed by atoms with Crippen molar-refractivity contribution in [2.24, 2.45) is 11.7 Å². The highest BCUT2D eigenvalue weighted by molar-refractivity contribution is 6.30. The third kappa shape index (κ3) is 4.53. The molecule has 5 heteroatoms. The van der Waals surface area contributed by atoms with Crippen LogP contribution in [0.3, 0.4) is 0 Å². The maximum absolute atomic E-state index is 13.1. The second-order valence-corrected chi connectivity index (χ2v) is 6.80. The van der Waals surface area contributed by atoms with E-state index in [1.807, 2.05) is 35.2 Å². The molecule has 0 aliphatic carbocycles. The van der Waals surface area contributed by atoms with Gasteiger partial charge in [-0.05, 0) is 49.6 Å². The molecular weight excluding hydrogens is 336 g/mol. The zero-order chi connectivity index (χ0) is 17.6. The van der Waals surface area contributed by atoms with Crippen LogP contribution in [0, 0.1) is 5.92 Å². The van der Waals surface area contributed by atoms with E-state index in [0.29, 0.717) is 23.2 Å². The van der Waals surface area contributed by atoms with Crippen molar-refractivity contribution in [2.45, 2.75) is 18.9 Å². The maximum Gasteiger partial charge on any atom is 0.268 e. The van der Waals surface area contributed by atoms with Gasteiger partial charge >= 0.3 is 0 Å². The summed E-state index contributed by atoms with van der Waals surface area (Å²) < 4.78 is 6.05. The molecular formula is C20H23ClN2O2. The highest BCUT2D eigenvalue weighted by atomic mass is 35.5. The zero-order valence-electron chi connectivity index (χ0n) is 14.1. The molecule has 2 aromatic carbocycles. The van der Waals surface area contributed by atoms with Crippen LogP contribution >= 0.6 is 11.6 Å². The van der Waals surface area contributed by atoms with Crippen molar-refractivity contribution >= 4 is 17.5 Å². The molecule has 0 saturated carbocycles. The predicted octanol–water partition coefficient (Wildman–Crippen LogP) is 3.66. The van der Waals surface area contributed by atoms with E-state index in [4.69, 9.17) is 22.1 Å². The lowest BCUT2D eigenvalue weighted by atomic mass is 9.96. The van der Waals surface area contributed by atoms with Gasteiger partial charge in [-0.25, -0.2) is 0 Å². The Morgan fingerprint density at radius 3 is 2.36 bits per heavy atom. The van der Waals surface area contributed by atoms with Crippen molar-refractivity contribution in [3.05, 3.63) is 65.2 Å². The molecule has 1 heterocycles. The van der Waals surface area contributed by atoms with Gasteiger partial charge in [0, 0.05) is 23.7 Å². The number of ether oxygens (including phenoxy) is 1. The summed E-state index contributed by atoms with van der Waals surface area (Å²) in [5.41, 5.74) is 6.60. The number of benzene rings is 2. The molecule has 1 amide bonds. The topological polar surface area (TPSA) is 55.6 Å². The van der Waals surface area contributed by atoms with E-state index < -0.39 is 6.10 Å². The van der Waals surface area contributed by atoms with Gasteiger partial charge in [0.2, 0.25) is 6.10 Å². The average Bonchev–Trinajstić information content (AvgIpc) is 2.68. The largest absolute Gasteiger partial charge is 0.476 e. The monoisotopic (exact) mass is 358 g/mol. The fraction of sp³-hybridized carbons (Fsp3) is 0.350. The van der Waals surface area contributed by atoms with E-state index in [2.05, 4.69) is 0 Å². The molecule has 1 aliphatic rings. The first-order valence-electron chi connectivity index (χ1n) is 8.63. The summed E-state index contributed by atoms with van der Waals surface area (Å²) in [5.74, 6) is 1.14. The number of halogens is 1. The third-order valence-corrected chi connectivity index (χ3v) is 4.91. The Morgan fingerprint density at radius 1 is 1.12 bits per heavy atom. The fourth-order valence-electron chi connectivity index (χ4n) is 3.09. The van der Waals surface area contributed by atoms with Crippen LogP contribution in [0.4, 0.5) is 0 Å². The first-order chi connectivity index (χ1) is 12.2. The van der Waals surface area contributed by atoms with E-state index in [0.717, 1.165) is 31.5 Å². The molecule has 1 saturated heterocycles. The molecule has 1 aliphatic heterocycles. The van der Waals surface area contributed by atoms with E-state index in [1.54, 1.807) is 24.3 Å². The summed E-state index contributed by atoms with van der Waals surface area (Å²) >= 11 is 5.94. The lowest BCUT2D eigenvalue weighted by molar-refractivity contribution is -0.140. The van der Waals surface area contributed by atoms with Gasteiger partial charge in [-0.2, -0.15) is 0 Å². The van der Waals surface area contributed by atoms with Gasteiger partial charge in [0.05, 0.1) is 0 Å². The molecule has 2 aromatic rings. The lowest BCUT2D eigenvalue weighted by Crippen LogP contribution is -2.43. The van der Waals surface area contributed by atoms with Crippen LogP contribution in [0.1, 0.15) is 24.5 Å². The summed E-state index contributed by atoms with van der Waals surface area (Å²) in [6.45, 7) is 2.15. The Bertz CT molecular complexity index is 683. The minimum absolute atomic E-state index is 0.00313. The number of nitrogens with two attached hydrogens (primary N) is 1. The van der Waals surface area contributed by atoms with Gasteiger partial charge in [-0.15, -0.1) is 0 Å². The number of hydrogen-bond acceptors (Lipinski definition) is 3. The Morgan fingerprint density at radius 2 is 1.76 bits per heavy atom. The maximum atomic E-state index is 13.1. The van der Waals surface area contributed by atoms with E-state index in [1.165, 1.54) is 0 Å². The number of carbonyl (C=O) groups excluding carboxylic acids is 1. The van der Waals surface area contributed by atoms with Crippen LogP contribution in [-0.4, -0.2) is 30.4 Å². The van der Waals surface area contributed by atoms with Crippen LogP contribution in [0.5, 0.6) is 5.75 Å². The van der Waals surface area contributed by atoms with Gasteiger partial charge in [-0.3, -0.25) is 4.79 Å².